The highest BCUT2D eigenvalue weighted by Crippen LogP contribution is 2.38. The number of piperidine rings is 1. The molecule has 186 valence electrons. The first-order chi connectivity index (χ1) is 17.4. The topological polar surface area (TPSA) is 83.6 Å². The van der Waals surface area contributed by atoms with Gasteiger partial charge in [0.2, 0.25) is 0 Å². The Morgan fingerprint density at radius 1 is 0.944 bits per heavy atom. The van der Waals surface area contributed by atoms with Crippen LogP contribution in [0.4, 0.5) is 11.5 Å². The third-order valence-electron chi connectivity index (χ3n) is 7.48. The van der Waals surface area contributed by atoms with Crippen LogP contribution in [0.2, 0.25) is 0 Å². The average Bonchev–Trinajstić information content (AvgIpc) is 3.15. The standard InChI is InChI=1S/C29H32N4O3/c1-18-7-4-5-9-25(18)32-28(34)20-11-14-27(30-17-20)33-22-12-13-23(33)16-21(15-22)31-29(35)24-8-6-10-26(36-3)19(24)2/h4-11,14,17,21-23H,12-13,15-16H2,1-3H3,(H,31,35)(H,32,34). The number of benzene rings is 2. The number of carbonyl (C=O) groups excluding carboxylic acids is 2. The van der Waals surface area contributed by atoms with Gasteiger partial charge in [-0.25, -0.2) is 4.98 Å². The molecule has 2 saturated heterocycles. The molecule has 7 heteroatoms. The molecule has 2 aliphatic rings. The molecule has 2 atom stereocenters. The highest BCUT2D eigenvalue weighted by atomic mass is 16.5. The van der Waals surface area contributed by atoms with Crippen LogP contribution in [0.5, 0.6) is 5.75 Å². The van der Waals surface area contributed by atoms with E-state index in [9.17, 15) is 9.59 Å². The fourth-order valence-corrected chi connectivity index (χ4v) is 5.59. The number of hydrogen-bond donors (Lipinski definition) is 2. The van der Waals surface area contributed by atoms with Crippen LogP contribution in [0.25, 0.3) is 0 Å². The first-order valence-electron chi connectivity index (χ1n) is 12.5. The SMILES string of the molecule is COc1cccc(C(=O)NC2CC3CCC(C2)N3c2ccc(C(=O)Nc3ccccc3C)cn2)c1C. The normalized spacial score (nSPS) is 20.6. The van der Waals surface area contributed by atoms with E-state index >= 15 is 0 Å². The number of aryl methyl sites for hydroxylation is 1. The van der Waals surface area contributed by atoms with Crippen LogP contribution in [-0.4, -0.2) is 42.0 Å². The second-order valence-corrected chi connectivity index (χ2v) is 9.74. The van der Waals surface area contributed by atoms with E-state index in [1.807, 2.05) is 68.4 Å². The molecule has 2 unspecified atom stereocenters. The van der Waals surface area contributed by atoms with E-state index in [-0.39, 0.29) is 17.9 Å². The van der Waals surface area contributed by atoms with Crippen LogP contribution in [0, 0.1) is 13.8 Å². The Bertz CT molecular complexity index is 1260. The zero-order chi connectivity index (χ0) is 25.2. The van der Waals surface area contributed by atoms with Gasteiger partial charge in [0.15, 0.2) is 0 Å². The minimum Gasteiger partial charge on any atom is -0.496 e. The molecule has 36 heavy (non-hydrogen) atoms. The van der Waals surface area contributed by atoms with E-state index in [1.54, 1.807) is 13.3 Å². The van der Waals surface area contributed by atoms with Gasteiger partial charge in [0.25, 0.3) is 11.8 Å². The Labute approximate surface area is 211 Å². The van der Waals surface area contributed by atoms with Crippen molar-refractivity contribution < 1.29 is 14.3 Å². The summed E-state index contributed by atoms with van der Waals surface area (Å²) in [4.78, 5) is 32.8. The minimum absolute atomic E-state index is 0.0496. The maximum atomic E-state index is 13.0. The van der Waals surface area contributed by atoms with Gasteiger partial charge < -0.3 is 20.3 Å². The molecule has 0 saturated carbocycles. The van der Waals surface area contributed by atoms with Crippen molar-refractivity contribution in [1.82, 2.24) is 10.3 Å². The highest BCUT2D eigenvalue weighted by molar-refractivity contribution is 6.04. The van der Waals surface area contributed by atoms with Gasteiger partial charge in [0, 0.05) is 41.1 Å². The third-order valence-corrected chi connectivity index (χ3v) is 7.48. The Balaban J connectivity index is 1.23. The average molecular weight is 485 g/mol. The fraction of sp³-hybridized carbons (Fsp3) is 0.345. The lowest BCUT2D eigenvalue weighted by Gasteiger charge is -2.40. The summed E-state index contributed by atoms with van der Waals surface area (Å²) in [5, 5.41) is 6.22. The minimum atomic E-state index is -0.166. The number of carbonyl (C=O) groups is 2. The molecule has 2 aliphatic heterocycles. The number of ether oxygens (including phenoxy) is 1. The summed E-state index contributed by atoms with van der Waals surface area (Å²) in [6, 6.07) is 17.8. The zero-order valence-corrected chi connectivity index (χ0v) is 21.0. The predicted molar refractivity (Wildman–Crippen MR) is 141 cm³/mol. The van der Waals surface area contributed by atoms with Crippen LogP contribution >= 0.6 is 0 Å². The number of amides is 2. The molecule has 2 fully saturated rings. The number of nitrogens with zero attached hydrogens (tertiary/aromatic N) is 2. The highest BCUT2D eigenvalue weighted by Gasteiger charge is 2.42. The van der Waals surface area contributed by atoms with Crippen molar-refractivity contribution in [3.63, 3.8) is 0 Å². The van der Waals surface area contributed by atoms with E-state index in [1.165, 1.54) is 0 Å². The maximum Gasteiger partial charge on any atom is 0.257 e. The summed E-state index contributed by atoms with van der Waals surface area (Å²) < 4.78 is 5.37. The fourth-order valence-electron chi connectivity index (χ4n) is 5.59. The van der Waals surface area contributed by atoms with Crippen molar-refractivity contribution in [2.75, 3.05) is 17.3 Å². The molecule has 0 spiro atoms. The van der Waals surface area contributed by atoms with Crippen molar-refractivity contribution >= 4 is 23.3 Å². The molecular weight excluding hydrogens is 452 g/mol. The Kier molecular flexibility index (Phi) is 6.63. The summed E-state index contributed by atoms with van der Waals surface area (Å²) in [5.41, 5.74) is 3.87. The number of nitrogens with one attached hydrogen (secondary N) is 2. The van der Waals surface area contributed by atoms with Crippen molar-refractivity contribution in [3.05, 3.63) is 83.0 Å². The van der Waals surface area contributed by atoms with E-state index in [0.29, 0.717) is 23.2 Å². The van der Waals surface area contributed by atoms with Gasteiger partial charge in [-0.15, -0.1) is 0 Å². The molecule has 2 aromatic carbocycles. The van der Waals surface area contributed by atoms with Crippen molar-refractivity contribution in [2.24, 2.45) is 0 Å². The van der Waals surface area contributed by atoms with E-state index in [2.05, 4.69) is 20.5 Å². The van der Waals surface area contributed by atoms with Gasteiger partial charge in [0.05, 0.1) is 12.7 Å². The number of aromatic nitrogens is 1. The number of pyridine rings is 1. The number of hydrogen-bond acceptors (Lipinski definition) is 5. The van der Waals surface area contributed by atoms with Gasteiger partial charge in [-0.3, -0.25) is 9.59 Å². The summed E-state index contributed by atoms with van der Waals surface area (Å²) >= 11 is 0. The largest absolute Gasteiger partial charge is 0.496 e. The van der Waals surface area contributed by atoms with E-state index in [4.69, 9.17) is 4.74 Å². The summed E-state index contributed by atoms with van der Waals surface area (Å²) in [6.45, 7) is 3.88. The van der Waals surface area contributed by atoms with Gasteiger partial charge >= 0.3 is 0 Å². The van der Waals surface area contributed by atoms with E-state index < -0.39 is 0 Å². The molecule has 7 nitrogen and oxygen atoms in total. The molecule has 2 N–H and O–H groups in total. The van der Waals surface area contributed by atoms with Gasteiger partial charge in [-0.05, 0) is 75.4 Å². The van der Waals surface area contributed by atoms with Crippen LogP contribution in [0.3, 0.4) is 0 Å². The van der Waals surface area contributed by atoms with Crippen molar-refractivity contribution in [2.45, 2.75) is 57.7 Å². The molecule has 5 rings (SSSR count). The van der Waals surface area contributed by atoms with Gasteiger partial charge in [0.1, 0.15) is 11.6 Å². The van der Waals surface area contributed by atoms with Crippen LogP contribution < -0.4 is 20.3 Å². The Morgan fingerprint density at radius 3 is 2.36 bits per heavy atom. The lowest BCUT2D eigenvalue weighted by Crippen LogP contribution is -2.50. The summed E-state index contributed by atoms with van der Waals surface area (Å²) in [7, 11) is 1.62. The monoisotopic (exact) mass is 484 g/mol. The van der Waals surface area contributed by atoms with E-state index in [0.717, 1.165) is 54.1 Å². The number of fused-ring (bicyclic) bond motifs is 2. The number of methoxy groups -OCH3 is 1. The maximum absolute atomic E-state index is 13.0. The number of anilines is 2. The molecule has 3 heterocycles. The van der Waals surface area contributed by atoms with Crippen LogP contribution in [-0.2, 0) is 0 Å². The summed E-state index contributed by atoms with van der Waals surface area (Å²) in [5.74, 6) is 1.40. The number of para-hydroxylation sites is 1. The second kappa shape index (κ2) is 10.0. The molecule has 0 radical (unpaired) electrons. The lowest BCUT2D eigenvalue weighted by atomic mass is 9.96. The smallest absolute Gasteiger partial charge is 0.257 e. The third kappa shape index (κ3) is 4.65. The first kappa shape index (κ1) is 23.9. The second-order valence-electron chi connectivity index (χ2n) is 9.74. The molecule has 2 amide bonds. The quantitative estimate of drug-likeness (QED) is 0.521. The van der Waals surface area contributed by atoms with Crippen molar-refractivity contribution in [1.29, 1.82) is 0 Å². The molecule has 1 aromatic heterocycles. The molecule has 3 aromatic rings. The van der Waals surface area contributed by atoms with Crippen LogP contribution in [0.1, 0.15) is 57.5 Å². The number of rotatable bonds is 6. The predicted octanol–water partition coefficient (Wildman–Crippen LogP) is 4.89. The Morgan fingerprint density at radius 2 is 1.69 bits per heavy atom. The zero-order valence-electron chi connectivity index (χ0n) is 21.0. The Hall–Kier alpha value is -3.87. The molecule has 0 aliphatic carbocycles. The lowest BCUT2D eigenvalue weighted by molar-refractivity contribution is 0.0925. The van der Waals surface area contributed by atoms with Crippen LogP contribution in [0.15, 0.2) is 60.8 Å². The summed E-state index contributed by atoms with van der Waals surface area (Å²) in [6.07, 6.45) is 5.56. The van der Waals surface area contributed by atoms with Gasteiger partial charge in [-0.1, -0.05) is 24.3 Å². The van der Waals surface area contributed by atoms with Crippen molar-refractivity contribution in [3.8, 4) is 5.75 Å². The molecular formula is C29H32N4O3. The molecule has 2 bridgehead atoms. The first-order valence-corrected chi connectivity index (χ1v) is 12.5. The van der Waals surface area contributed by atoms with Gasteiger partial charge in [-0.2, -0.15) is 0 Å².